The van der Waals surface area contributed by atoms with Crippen LogP contribution in [0.25, 0.3) is 0 Å². The van der Waals surface area contributed by atoms with Crippen molar-refractivity contribution >= 4 is 11.3 Å². The highest BCUT2D eigenvalue weighted by Crippen LogP contribution is 2.25. The Labute approximate surface area is 96.9 Å². The first kappa shape index (κ1) is 12.7. The molecule has 1 unspecified atom stereocenters. The third-order valence-electron chi connectivity index (χ3n) is 2.68. The van der Waals surface area contributed by atoms with Crippen molar-refractivity contribution in [3.63, 3.8) is 0 Å². The number of hydrogen-bond donors (Lipinski definition) is 1. The Bertz CT molecular complexity index is 321. The Morgan fingerprint density at radius 1 is 1.33 bits per heavy atom. The molecular formula is C12H22N2S. The minimum absolute atomic E-state index is 0.118. The van der Waals surface area contributed by atoms with Gasteiger partial charge in [0.1, 0.15) is 0 Å². The summed E-state index contributed by atoms with van der Waals surface area (Å²) in [5.74, 6) is 0. The molecule has 0 aliphatic carbocycles. The summed E-state index contributed by atoms with van der Waals surface area (Å²) >= 11 is 1.73. The van der Waals surface area contributed by atoms with Gasteiger partial charge in [-0.3, -0.25) is 0 Å². The summed E-state index contributed by atoms with van der Waals surface area (Å²) in [6.07, 6.45) is 1.86. The van der Waals surface area contributed by atoms with Crippen molar-refractivity contribution in [3.05, 3.63) is 16.1 Å². The van der Waals surface area contributed by atoms with Gasteiger partial charge in [0.2, 0.25) is 0 Å². The second kappa shape index (κ2) is 4.22. The molecule has 1 atom stereocenters. The first-order valence-corrected chi connectivity index (χ1v) is 6.36. The summed E-state index contributed by atoms with van der Waals surface area (Å²) in [6, 6.07) is 0. The molecule has 1 aromatic rings. The molecule has 15 heavy (non-hydrogen) atoms. The lowest BCUT2D eigenvalue weighted by Crippen LogP contribution is -2.37. The lowest BCUT2D eigenvalue weighted by atomic mass is 9.93. The molecule has 0 aliphatic rings. The van der Waals surface area contributed by atoms with Crippen molar-refractivity contribution in [1.29, 1.82) is 0 Å². The monoisotopic (exact) mass is 226 g/mol. The van der Waals surface area contributed by atoms with E-state index in [0.717, 1.165) is 17.8 Å². The van der Waals surface area contributed by atoms with Crippen molar-refractivity contribution in [2.45, 2.75) is 58.4 Å². The fourth-order valence-corrected chi connectivity index (χ4v) is 2.43. The summed E-state index contributed by atoms with van der Waals surface area (Å²) in [5, 5.41) is 3.31. The van der Waals surface area contributed by atoms with E-state index in [1.807, 2.05) is 0 Å². The summed E-state index contributed by atoms with van der Waals surface area (Å²) in [6.45, 7) is 10.8. The average molecular weight is 226 g/mol. The molecule has 0 fully saturated rings. The Kier molecular flexibility index (Phi) is 3.56. The van der Waals surface area contributed by atoms with Gasteiger partial charge in [-0.1, -0.05) is 27.7 Å². The number of thiazole rings is 1. The second-order valence-electron chi connectivity index (χ2n) is 5.56. The van der Waals surface area contributed by atoms with Crippen LogP contribution < -0.4 is 5.73 Å². The van der Waals surface area contributed by atoms with Crippen molar-refractivity contribution < 1.29 is 0 Å². The second-order valence-corrected chi connectivity index (χ2v) is 6.50. The molecule has 0 spiro atoms. The van der Waals surface area contributed by atoms with Crippen molar-refractivity contribution in [3.8, 4) is 0 Å². The van der Waals surface area contributed by atoms with E-state index >= 15 is 0 Å². The molecule has 0 aliphatic heterocycles. The van der Waals surface area contributed by atoms with Crippen molar-refractivity contribution in [1.82, 2.24) is 4.98 Å². The number of aromatic nitrogens is 1. The average Bonchev–Trinajstić information content (AvgIpc) is 2.51. The largest absolute Gasteiger partial charge is 0.325 e. The van der Waals surface area contributed by atoms with Crippen LogP contribution >= 0.6 is 11.3 Å². The van der Waals surface area contributed by atoms with Gasteiger partial charge in [-0.25, -0.2) is 4.98 Å². The van der Waals surface area contributed by atoms with Crippen LogP contribution in [-0.4, -0.2) is 10.5 Å². The SMILES string of the molecule is CCC(C)(N)Cc1nc(C(C)(C)C)cs1. The van der Waals surface area contributed by atoms with E-state index < -0.39 is 0 Å². The van der Waals surface area contributed by atoms with Gasteiger partial charge in [0.15, 0.2) is 0 Å². The zero-order chi connectivity index (χ0) is 11.7. The number of rotatable bonds is 3. The van der Waals surface area contributed by atoms with E-state index in [0.29, 0.717) is 0 Å². The fraction of sp³-hybridized carbons (Fsp3) is 0.750. The maximum absolute atomic E-state index is 6.13. The van der Waals surface area contributed by atoms with E-state index in [4.69, 9.17) is 5.73 Å². The van der Waals surface area contributed by atoms with Crippen molar-refractivity contribution in [2.24, 2.45) is 5.73 Å². The summed E-state index contributed by atoms with van der Waals surface area (Å²) < 4.78 is 0. The Morgan fingerprint density at radius 2 is 1.93 bits per heavy atom. The highest BCUT2D eigenvalue weighted by molar-refractivity contribution is 7.09. The predicted octanol–water partition coefficient (Wildman–Crippen LogP) is 3.11. The lowest BCUT2D eigenvalue weighted by Gasteiger charge is -2.21. The molecule has 0 saturated carbocycles. The van der Waals surface area contributed by atoms with Gasteiger partial charge >= 0.3 is 0 Å². The van der Waals surface area contributed by atoms with E-state index in [1.165, 1.54) is 5.69 Å². The van der Waals surface area contributed by atoms with E-state index in [9.17, 15) is 0 Å². The smallest absolute Gasteiger partial charge is 0.0946 e. The van der Waals surface area contributed by atoms with Crippen LogP contribution in [0.15, 0.2) is 5.38 Å². The van der Waals surface area contributed by atoms with Crippen LogP contribution in [-0.2, 0) is 11.8 Å². The van der Waals surface area contributed by atoms with E-state index in [-0.39, 0.29) is 11.0 Å². The Hall–Kier alpha value is -0.410. The molecule has 86 valence electrons. The molecule has 1 rings (SSSR count). The molecule has 2 N–H and O–H groups in total. The Balaban J connectivity index is 2.78. The van der Waals surface area contributed by atoms with Gasteiger partial charge in [0.25, 0.3) is 0 Å². The lowest BCUT2D eigenvalue weighted by molar-refractivity contribution is 0.447. The van der Waals surface area contributed by atoms with Crippen LogP contribution in [0.1, 0.15) is 51.7 Å². The fourth-order valence-electron chi connectivity index (χ4n) is 1.21. The van der Waals surface area contributed by atoms with Gasteiger partial charge in [-0.15, -0.1) is 11.3 Å². The molecule has 1 aromatic heterocycles. The highest BCUT2D eigenvalue weighted by atomic mass is 32.1. The molecule has 3 heteroatoms. The normalized spacial score (nSPS) is 16.4. The molecule has 0 aromatic carbocycles. The quantitative estimate of drug-likeness (QED) is 0.860. The van der Waals surface area contributed by atoms with Gasteiger partial charge < -0.3 is 5.73 Å². The molecule has 0 saturated heterocycles. The van der Waals surface area contributed by atoms with Gasteiger partial charge in [0.05, 0.1) is 10.7 Å². The molecule has 1 heterocycles. The number of nitrogens with two attached hydrogens (primary N) is 1. The third-order valence-corrected chi connectivity index (χ3v) is 3.53. The highest BCUT2D eigenvalue weighted by Gasteiger charge is 2.21. The van der Waals surface area contributed by atoms with Gasteiger partial charge in [-0.2, -0.15) is 0 Å². The molecule has 0 bridgehead atoms. The Morgan fingerprint density at radius 3 is 2.33 bits per heavy atom. The minimum Gasteiger partial charge on any atom is -0.325 e. The van der Waals surface area contributed by atoms with Gasteiger partial charge in [-0.05, 0) is 13.3 Å². The van der Waals surface area contributed by atoms with Gasteiger partial charge in [0, 0.05) is 22.8 Å². The van der Waals surface area contributed by atoms with Crippen LogP contribution in [0.4, 0.5) is 0 Å². The molecular weight excluding hydrogens is 204 g/mol. The summed E-state index contributed by atoms with van der Waals surface area (Å²) in [7, 11) is 0. The third kappa shape index (κ3) is 3.58. The minimum atomic E-state index is -0.118. The van der Waals surface area contributed by atoms with E-state index in [2.05, 4.69) is 45.0 Å². The zero-order valence-corrected chi connectivity index (χ0v) is 11.2. The molecule has 0 amide bonds. The molecule has 2 nitrogen and oxygen atoms in total. The first-order valence-electron chi connectivity index (χ1n) is 5.48. The van der Waals surface area contributed by atoms with Crippen LogP contribution in [0.2, 0.25) is 0 Å². The topological polar surface area (TPSA) is 38.9 Å². The number of nitrogens with zero attached hydrogens (tertiary/aromatic N) is 1. The standard InChI is InChI=1S/C12H22N2S/c1-6-12(5,13)7-10-14-9(8-15-10)11(2,3)4/h8H,6-7,13H2,1-5H3. The van der Waals surface area contributed by atoms with E-state index in [1.54, 1.807) is 11.3 Å². The maximum atomic E-state index is 6.13. The van der Waals surface area contributed by atoms with Crippen LogP contribution in [0.5, 0.6) is 0 Å². The van der Waals surface area contributed by atoms with Crippen LogP contribution in [0, 0.1) is 0 Å². The summed E-state index contributed by atoms with van der Waals surface area (Å²) in [5.41, 5.74) is 7.34. The summed E-state index contributed by atoms with van der Waals surface area (Å²) in [4.78, 5) is 4.65. The van der Waals surface area contributed by atoms with Crippen LogP contribution in [0.3, 0.4) is 0 Å². The zero-order valence-electron chi connectivity index (χ0n) is 10.4. The predicted molar refractivity (Wildman–Crippen MR) is 67.4 cm³/mol. The first-order chi connectivity index (χ1) is 6.74. The maximum Gasteiger partial charge on any atom is 0.0946 e. The molecule has 0 radical (unpaired) electrons. The number of hydrogen-bond acceptors (Lipinski definition) is 3. The van der Waals surface area contributed by atoms with Crippen molar-refractivity contribution in [2.75, 3.05) is 0 Å².